The van der Waals surface area contributed by atoms with E-state index in [2.05, 4.69) is 25.3 Å². The number of aromatic nitrogens is 3. The standard InChI is InChI=1S/C18H18N4O2S2/c23-17(24)13-8-6-12(7-9-13)16-21-14(10-25-16)26-18-20-19-15(22(18)21)11-4-2-1-3-5-11/h6-11,16H,1-5H2,(H,23,24). The fourth-order valence-electron chi connectivity index (χ4n) is 3.89. The van der Waals surface area contributed by atoms with Gasteiger partial charge in [-0.15, -0.1) is 10.2 Å². The normalized spacial score (nSPS) is 22.2. The number of fused-ring (bicyclic) bond motifs is 3. The summed E-state index contributed by atoms with van der Waals surface area (Å²) in [6.45, 7) is 0. The van der Waals surface area contributed by atoms with Gasteiger partial charge in [0.05, 0.1) is 5.56 Å². The van der Waals surface area contributed by atoms with Gasteiger partial charge in [-0.25, -0.2) is 9.47 Å². The summed E-state index contributed by atoms with van der Waals surface area (Å²) in [7, 11) is 0. The Morgan fingerprint density at radius 2 is 1.88 bits per heavy atom. The van der Waals surface area contributed by atoms with Gasteiger partial charge in [-0.1, -0.05) is 43.2 Å². The molecule has 2 aromatic rings. The third-order valence-electron chi connectivity index (χ3n) is 5.21. The first kappa shape index (κ1) is 16.3. The Labute approximate surface area is 159 Å². The first-order chi connectivity index (χ1) is 12.7. The zero-order chi connectivity index (χ0) is 17.7. The number of hydrogen-bond acceptors (Lipinski definition) is 6. The molecule has 3 aliphatic rings. The van der Waals surface area contributed by atoms with Gasteiger partial charge in [0.15, 0.2) is 5.82 Å². The highest BCUT2D eigenvalue weighted by molar-refractivity contribution is 8.07. The number of aromatic carboxylic acids is 1. The van der Waals surface area contributed by atoms with Gasteiger partial charge < -0.3 is 5.11 Å². The Balaban J connectivity index is 1.49. The van der Waals surface area contributed by atoms with Crippen LogP contribution in [-0.4, -0.2) is 25.9 Å². The first-order valence-corrected chi connectivity index (χ1v) is 10.6. The average molecular weight is 387 g/mol. The van der Waals surface area contributed by atoms with Crippen LogP contribution in [0.3, 0.4) is 0 Å². The van der Waals surface area contributed by atoms with E-state index in [4.69, 9.17) is 5.11 Å². The second-order valence-electron chi connectivity index (χ2n) is 6.81. The van der Waals surface area contributed by atoms with Gasteiger partial charge in [-0.3, -0.25) is 5.01 Å². The van der Waals surface area contributed by atoms with Crippen LogP contribution in [0.15, 0.2) is 39.9 Å². The minimum absolute atomic E-state index is 0.0833. The van der Waals surface area contributed by atoms with Crippen molar-refractivity contribution in [3.8, 4) is 0 Å². The number of benzene rings is 1. The Morgan fingerprint density at radius 3 is 2.62 bits per heavy atom. The van der Waals surface area contributed by atoms with E-state index in [1.165, 1.54) is 37.1 Å². The van der Waals surface area contributed by atoms with Gasteiger partial charge in [0, 0.05) is 11.3 Å². The Morgan fingerprint density at radius 1 is 1.12 bits per heavy atom. The molecule has 0 amide bonds. The Hall–Kier alpha value is -1.93. The molecule has 1 unspecified atom stereocenters. The number of rotatable bonds is 3. The minimum atomic E-state index is -0.896. The maximum atomic E-state index is 11.1. The van der Waals surface area contributed by atoms with Crippen LogP contribution in [0.2, 0.25) is 0 Å². The zero-order valence-electron chi connectivity index (χ0n) is 14.0. The second kappa shape index (κ2) is 6.35. The van der Waals surface area contributed by atoms with Crippen LogP contribution in [0.1, 0.15) is 65.1 Å². The fraction of sp³-hybridized carbons (Fsp3) is 0.389. The quantitative estimate of drug-likeness (QED) is 0.842. The van der Waals surface area contributed by atoms with E-state index >= 15 is 0 Å². The molecule has 1 aromatic carbocycles. The van der Waals surface area contributed by atoms with E-state index in [0.717, 1.165) is 16.5 Å². The number of carboxylic acids is 1. The molecule has 134 valence electrons. The number of hydrogen-bond donors (Lipinski definition) is 1. The highest BCUT2D eigenvalue weighted by Crippen LogP contribution is 2.52. The number of carboxylic acid groups (broad SMARTS) is 1. The maximum Gasteiger partial charge on any atom is 0.335 e. The van der Waals surface area contributed by atoms with E-state index in [0.29, 0.717) is 11.5 Å². The Bertz CT molecular complexity index is 887. The molecule has 1 aliphatic carbocycles. The predicted molar refractivity (Wildman–Crippen MR) is 102 cm³/mol. The summed E-state index contributed by atoms with van der Waals surface area (Å²) in [4.78, 5) is 11.1. The van der Waals surface area contributed by atoms with Crippen molar-refractivity contribution in [2.45, 2.75) is 48.6 Å². The summed E-state index contributed by atoms with van der Waals surface area (Å²) >= 11 is 3.40. The first-order valence-electron chi connectivity index (χ1n) is 8.84. The summed E-state index contributed by atoms with van der Waals surface area (Å²) in [6, 6.07) is 7.17. The van der Waals surface area contributed by atoms with E-state index in [1.807, 2.05) is 12.1 Å². The monoisotopic (exact) mass is 386 g/mol. The number of thioether (sulfide) groups is 2. The highest BCUT2D eigenvalue weighted by Gasteiger charge is 2.41. The fourth-order valence-corrected chi connectivity index (χ4v) is 6.12. The smallest absolute Gasteiger partial charge is 0.335 e. The molecule has 1 atom stereocenters. The van der Waals surface area contributed by atoms with E-state index < -0.39 is 5.97 Å². The molecule has 0 saturated heterocycles. The molecule has 1 aromatic heterocycles. The second-order valence-corrected chi connectivity index (χ2v) is 8.75. The van der Waals surface area contributed by atoms with E-state index in [1.54, 1.807) is 35.7 Å². The van der Waals surface area contributed by atoms with Crippen molar-refractivity contribution >= 4 is 29.5 Å². The molecule has 2 aliphatic heterocycles. The molecule has 0 spiro atoms. The summed E-state index contributed by atoms with van der Waals surface area (Å²) in [5.74, 6) is 0.655. The summed E-state index contributed by atoms with van der Waals surface area (Å²) < 4.78 is 2.20. The van der Waals surface area contributed by atoms with Gasteiger partial charge in [0.1, 0.15) is 10.4 Å². The topological polar surface area (TPSA) is 71.2 Å². The van der Waals surface area contributed by atoms with Crippen molar-refractivity contribution in [1.29, 1.82) is 0 Å². The van der Waals surface area contributed by atoms with Crippen LogP contribution < -0.4 is 5.01 Å². The van der Waals surface area contributed by atoms with Crippen molar-refractivity contribution in [3.05, 3.63) is 51.7 Å². The van der Waals surface area contributed by atoms with E-state index in [-0.39, 0.29) is 5.37 Å². The molecular formula is C18H18N4O2S2. The molecule has 5 rings (SSSR count). The van der Waals surface area contributed by atoms with Crippen molar-refractivity contribution in [2.24, 2.45) is 0 Å². The van der Waals surface area contributed by atoms with Crippen LogP contribution in [0.25, 0.3) is 0 Å². The van der Waals surface area contributed by atoms with Crippen molar-refractivity contribution in [2.75, 3.05) is 5.01 Å². The van der Waals surface area contributed by atoms with Crippen LogP contribution in [0.5, 0.6) is 0 Å². The third kappa shape index (κ3) is 2.54. The van der Waals surface area contributed by atoms with Crippen LogP contribution in [0, 0.1) is 0 Å². The van der Waals surface area contributed by atoms with Gasteiger partial charge in [0.25, 0.3) is 0 Å². The molecule has 1 N–H and O–H groups in total. The lowest BCUT2D eigenvalue weighted by atomic mass is 9.89. The summed E-state index contributed by atoms with van der Waals surface area (Å²) in [5.41, 5.74) is 1.40. The molecule has 6 nitrogen and oxygen atoms in total. The van der Waals surface area contributed by atoms with Crippen LogP contribution in [0.4, 0.5) is 0 Å². The highest BCUT2D eigenvalue weighted by atomic mass is 32.2. The lowest BCUT2D eigenvalue weighted by Crippen LogP contribution is -2.31. The van der Waals surface area contributed by atoms with Crippen LogP contribution >= 0.6 is 23.5 Å². The Kier molecular flexibility index (Phi) is 3.97. The molecule has 8 heteroatoms. The van der Waals surface area contributed by atoms with Gasteiger partial charge in [-0.2, -0.15) is 0 Å². The average Bonchev–Trinajstić information content (AvgIpc) is 3.33. The van der Waals surface area contributed by atoms with E-state index in [9.17, 15) is 4.79 Å². The maximum absolute atomic E-state index is 11.1. The SMILES string of the molecule is O=C(O)c1ccc(C2SC=C3Sc4nnc(C5CCCCC5)n4N32)cc1. The molecule has 26 heavy (non-hydrogen) atoms. The summed E-state index contributed by atoms with van der Waals surface area (Å²) in [6.07, 6.45) is 6.20. The largest absolute Gasteiger partial charge is 0.478 e. The molecule has 1 saturated carbocycles. The minimum Gasteiger partial charge on any atom is -0.478 e. The molecular weight excluding hydrogens is 368 g/mol. The molecule has 0 bridgehead atoms. The van der Waals surface area contributed by atoms with Gasteiger partial charge in [0.2, 0.25) is 5.16 Å². The number of carbonyl (C=O) groups is 1. The predicted octanol–water partition coefficient (Wildman–Crippen LogP) is 4.31. The lowest BCUT2D eigenvalue weighted by molar-refractivity contribution is 0.0697. The molecule has 3 heterocycles. The van der Waals surface area contributed by atoms with Gasteiger partial charge >= 0.3 is 5.97 Å². The van der Waals surface area contributed by atoms with Crippen LogP contribution in [-0.2, 0) is 0 Å². The van der Waals surface area contributed by atoms with Gasteiger partial charge in [-0.05, 0) is 42.3 Å². The lowest BCUT2D eigenvalue weighted by Gasteiger charge is -2.28. The third-order valence-corrected chi connectivity index (χ3v) is 7.40. The molecule has 0 radical (unpaired) electrons. The van der Waals surface area contributed by atoms with Crippen molar-refractivity contribution in [1.82, 2.24) is 14.9 Å². The molecule has 1 fully saturated rings. The zero-order valence-corrected chi connectivity index (χ0v) is 15.7. The number of nitrogens with zero attached hydrogens (tertiary/aromatic N) is 4. The van der Waals surface area contributed by atoms with Crippen molar-refractivity contribution < 1.29 is 9.90 Å². The summed E-state index contributed by atoms with van der Waals surface area (Å²) in [5, 5.41) is 24.7. The van der Waals surface area contributed by atoms with Crippen molar-refractivity contribution in [3.63, 3.8) is 0 Å².